The second-order valence-electron chi connectivity index (χ2n) is 8.33. The number of hydrogen-bond acceptors (Lipinski definition) is 6. The lowest BCUT2D eigenvalue weighted by atomic mass is 9.84. The van der Waals surface area contributed by atoms with E-state index in [2.05, 4.69) is 34.1 Å². The second-order valence-corrected chi connectivity index (χ2v) is 8.33. The molecular formula is C24H30N2O4. The summed E-state index contributed by atoms with van der Waals surface area (Å²) in [5.41, 5.74) is 5.54. The molecule has 0 aliphatic carbocycles. The van der Waals surface area contributed by atoms with Crippen LogP contribution in [0.2, 0.25) is 0 Å². The molecule has 0 aromatic heterocycles. The summed E-state index contributed by atoms with van der Waals surface area (Å²) in [5, 5.41) is 0. The van der Waals surface area contributed by atoms with E-state index in [-0.39, 0.29) is 0 Å². The van der Waals surface area contributed by atoms with Crippen LogP contribution in [0, 0.1) is 0 Å². The summed E-state index contributed by atoms with van der Waals surface area (Å²) >= 11 is 0. The first-order valence-electron chi connectivity index (χ1n) is 10.6. The molecule has 0 unspecified atom stereocenters. The molecule has 30 heavy (non-hydrogen) atoms. The van der Waals surface area contributed by atoms with Crippen molar-refractivity contribution in [3.63, 3.8) is 0 Å². The van der Waals surface area contributed by atoms with Crippen molar-refractivity contribution in [2.45, 2.75) is 24.9 Å². The molecule has 2 atom stereocenters. The highest BCUT2D eigenvalue weighted by Gasteiger charge is 2.41. The lowest BCUT2D eigenvalue weighted by Gasteiger charge is -2.51. The van der Waals surface area contributed by atoms with Crippen LogP contribution in [0.15, 0.2) is 24.3 Å². The van der Waals surface area contributed by atoms with Gasteiger partial charge >= 0.3 is 0 Å². The first-order chi connectivity index (χ1) is 14.7. The smallest absolute Gasteiger partial charge is 0.161 e. The maximum atomic E-state index is 5.60. The molecule has 0 N–H and O–H groups in total. The molecule has 5 rings (SSSR count). The van der Waals surface area contributed by atoms with E-state index in [1.807, 2.05) is 0 Å². The second kappa shape index (κ2) is 7.67. The first-order valence-corrected chi connectivity index (χ1v) is 10.6. The minimum atomic E-state index is 0.395. The maximum absolute atomic E-state index is 5.60. The van der Waals surface area contributed by atoms with E-state index in [0.29, 0.717) is 12.1 Å². The summed E-state index contributed by atoms with van der Waals surface area (Å²) in [6, 6.07) is 9.51. The highest BCUT2D eigenvalue weighted by Crippen LogP contribution is 2.45. The molecule has 3 heterocycles. The molecule has 0 bridgehead atoms. The number of piperazine rings is 1. The molecule has 0 radical (unpaired) electrons. The van der Waals surface area contributed by atoms with Gasteiger partial charge in [-0.25, -0.2) is 0 Å². The van der Waals surface area contributed by atoms with Crippen molar-refractivity contribution < 1.29 is 18.9 Å². The van der Waals surface area contributed by atoms with E-state index in [1.165, 1.54) is 22.3 Å². The van der Waals surface area contributed by atoms with Gasteiger partial charge in [0, 0.05) is 38.3 Å². The van der Waals surface area contributed by atoms with E-state index in [9.17, 15) is 0 Å². The van der Waals surface area contributed by atoms with Crippen molar-refractivity contribution in [2.75, 3.05) is 54.6 Å². The zero-order chi connectivity index (χ0) is 20.8. The Morgan fingerprint density at radius 1 is 0.600 bits per heavy atom. The lowest BCUT2D eigenvalue weighted by molar-refractivity contribution is 0.0157. The van der Waals surface area contributed by atoms with Gasteiger partial charge in [-0.05, 0) is 59.4 Å². The van der Waals surface area contributed by atoms with Gasteiger partial charge in [0.1, 0.15) is 0 Å². The van der Waals surface area contributed by atoms with Crippen LogP contribution >= 0.6 is 0 Å². The molecule has 0 amide bonds. The Bertz CT molecular complexity index is 883. The molecule has 6 nitrogen and oxygen atoms in total. The maximum Gasteiger partial charge on any atom is 0.161 e. The third kappa shape index (κ3) is 3.01. The fraction of sp³-hybridized carbons (Fsp3) is 0.500. The van der Waals surface area contributed by atoms with Gasteiger partial charge in [-0.15, -0.1) is 0 Å². The third-order valence-electron chi connectivity index (χ3n) is 7.04. The van der Waals surface area contributed by atoms with Gasteiger partial charge in [-0.1, -0.05) is 0 Å². The zero-order valence-corrected chi connectivity index (χ0v) is 18.2. The quantitative estimate of drug-likeness (QED) is 0.771. The van der Waals surface area contributed by atoms with Gasteiger partial charge in [0.25, 0.3) is 0 Å². The SMILES string of the molecule is COc1cc2c(cc1OC)[C@@H]1CN3CCc4cc(OC)c(OC)cc4[C@@H]3CN1CC2. The molecular weight excluding hydrogens is 380 g/mol. The lowest BCUT2D eigenvalue weighted by Crippen LogP contribution is -2.54. The molecule has 3 aliphatic rings. The van der Waals surface area contributed by atoms with Gasteiger partial charge < -0.3 is 18.9 Å². The molecule has 1 saturated heterocycles. The topological polar surface area (TPSA) is 43.4 Å². The van der Waals surface area contributed by atoms with Crippen molar-refractivity contribution >= 4 is 0 Å². The van der Waals surface area contributed by atoms with Crippen LogP contribution in [0.3, 0.4) is 0 Å². The van der Waals surface area contributed by atoms with Crippen molar-refractivity contribution in [3.8, 4) is 23.0 Å². The van der Waals surface area contributed by atoms with E-state index in [0.717, 1.165) is 62.0 Å². The van der Waals surface area contributed by atoms with Crippen LogP contribution in [0.1, 0.15) is 34.3 Å². The Kier molecular flexibility index (Phi) is 4.99. The van der Waals surface area contributed by atoms with Crippen LogP contribution < -0.4 is 18.9 Å². The minimum absolute atomic E-state index is 0.395. The summed E-state index contributed by atoms with van der Waals surface area (Å²) < 4.78 is 22.3. The van der Waals surface area contributed by atoms with Crippen molar-refractivity contribution in [3.05, 3.63) is 46.5 Å². The number of methoxy groups -OCH3 is 4. The molecule has 1 fully saturated rings. The van der Waals surface area contributed by atoms with E-state index in [1.54, 1.807) is 28.4 Å². The van der Waals surface area contributed by atoms with Crippen molar-refractivity contribution in [1.29, 1.82) is 0 Å². The van der Waals surface area contributed by atoms with Crippen LogP contribution in [0.4, 0.5) is 0 Å². The number of rotatable bonds is 4. The van der Waals surface area contributed by atoms with E-state index in [4.69, 9.17) is 18.9 Å². The summed E-state index contributed by atoms with van der Waals surface area (Å²) in [4.78, 5) is 5.28. The highest BCUT2D eigenvalue weighted by atomic mass is 16.5. The van der Waals surface area contributed by atoms with Gasteiger partial charge in [0.05, 0.1) is 28.4 Å². The summed E-state index contributed by atoms with van der Waals surface area (Å²) in [6.45, 7) is 4.20. The molecule has 0 spiro atoms. The fourth-order valence-electron chi connectivity index (χ4n) is 5.47. The Labute approximate surface area is 178 Å². The van der Waals surface area contributed by atoms with Gasteiger partial charge in [0.2, 0.25) is 0 Å². The Morgan fingerprint density at radius 2 is 0.967 bits per heavy atom. The average molecular weight is 411 g/mol. The predicted molar refractivity (Wildman–Crippen MR) is 115 cm³/mol. The van der Waals surface area contributed by atoms with Gasteiger partial charge in [-0.2, -0.15) is 0 Å². The molecule has 2 aromatic rings. The number of hydrogen-bond donors (Lipinski definition) is 0. The number of benzene rings is 2. The Balaban J connectivity index is 1.48. The van der Waals surface area contributed by atoms with Crippen LogP contribution in [0.25, 0.3) is 0 Å². The molecule has 3 aliphatic heterocycles. The van der Waals surface area contributed by atoms with Gasteiger partial charge in [-0.3, -0.25) is 9.80 Å². The predicted octanol–water partition coefficient (Wildman–Crippen LogP) is 3.23. The summed E-state index contributed by atoms with van der Waals surface area (Å²) in [5.74, 6) is 3.29. The normalized spacial score (nSPS) is 22.9. The number of nitrogens with zero attached hydrogens (tertiary/aromatic N) is 2. The van der Waals surface area contributed by atoms with Crippen LogP contribution in [0.5, 0.6) is 23.0 Å². The minimum Gasteiger partial charge on any atom is -0.493 e. The average Bonchev–Trinajstić information content (AvgIpc) is 2.80. The standard InChI is InChI=1S/C24H30N2O4/c1-27-21-9-15-5-7-25-14-20-18-12-24(30-4)22(28-2)10-16(18)6-8-26(20)13-19(25)17(15)11-23(21)29-3/h9-12,19-20H,5-8,13-14H2,1-4H3/t19-,20-/m0/s1. The van der Waals surface area contributed by atoms with Crippen LogP contribution in [-0.2, 0) is 12.8 Å². The summed E-state index contributed by atoms with van der Waals surface area (Å²) in [7, 11) is 6.84. The van der Waals surface area contributed by atoms with Crippen LogP contribution in [-0.4, -0.2) is 64.4 Å². The first kappa shape index (κ1) is 19.5. The molecule has 160 valence electrons. The Morgan fingerprint density at radius 3 is 1.33 bits per heavy atom. The molecule has 0 saturated carbocycles. The zero-order valence-electron chi connectivity index (χ0n) is 18.2. The monoisotopic (exact) mass is 410 g/mol. The molecule has 2 aromatic carbocycles. The largest absolute Gasteiger partial charge is 0.493 e. The van der Waals surface area contributed by atoms with E-state index < -0.39 is 0 Å². The summed E-state index contributed by atoms with van der Waals surface area (Å²) in [6.07, 6.45) is 2.08. The number of fused-ring (bicyclic) bond motifs is 6. The molecule has 6 heteroatoms. The fourth-order valence-corrected chi connectivity index (χ4v) is 5.47. The Hall–Kier alpha value is -2.44. The highest BCUT2D eigenvalue weighted by molar-refractivity contribution is 5.51. The van der Waals surface area contributed by atoms with Gasteiger partial charge in [0.15, 0.2) is 23.0 Å². The number of ether oxygens (including phenoxy) is 4. The van der Waals surface area contributed by atoms with Crippen molar-refractivity contribution in [2.24, 2.45) is 0 Å². The van der Waals surface area contributed by atoms with E-state index >= 15 is 0 Å². The third-order valence-corrected chi connectivity index (χ3v) is 7.04. The van der Waals surface area contributed by atoms with Crippen molar-refractivity contribution in [1.82, 2.24) is 9.80 Å².